The van der Waals surface area contributed by atoms with Crippen LogP contribution in [0.3, 0.4) is 0 Å². The largest absolute Gasteiger partial charge is 0.450 e. The molecule has 2 aromatic rings. The first-order chi connectivity index (χ1) is 9.66. The molecule has 0 radical (unpaired) electrons. The van der Waals surface area contributed by atoms with Gasteiger partial charge in [-0.15, -0.1) is 0 Å². The Morgan fingerprint density at radius 2 is 1.20 bits per heavy atom. The van der Waals surface area contributed by atoms with Gasteiger partial charge < -0.3 is 9.47 Å². The van der Waals surface area contributed by atoms with Gasteiger partial charge in [0.2, 0.25) is 5.76 Å². The molecule has 3 nitrogen and oxygen atoms in total. The van der Waals surface area contributed by atoms with Crippen molar-refractivity contribution in [1.29, 1.82) is 0 Å². The number of hydrogen-bond donors (Lipinski definition) is 0. The first kappa shape index (κ1) is 13.9. The maximum absolute atomic E-state index is 12.2. The molecule has 0 atom stereocenters. The van der Waals surface area contributed by atoms with E-state index in [9.17, 15) is 4.79 Å². The normalized spacial score (nSPS) is 9.70. The van der Waals surface area contributed by atoms with E-state index in [4.69, 9.17) is 9.47 Å². The van der Waals surface area contributed by atoms with E-state index in [1.165, 1.54) is 0 Å². The Morgan fingerprint density at radius 1 is 0.750 bits per heavy atom. The summed E-state index contributed by atoms with van der Waals surface area (Å²) in [4.78, 5) is 12.2. The van der Waals surface area contributed by atoms with Crippen LogP contribution in [0.1, 0.15) is 13.8 Å². The van der Waals surface area contributed by atoms with Crippen LogP contribution in [0.5, 0.6) is 11.5 Å². The molecular weight excluding hydrogens is 252 g/mol. The van der Waals surface area contributed by atoms with Crippen LogP contribution in [0.2, 0.25) is 0 Å². The quantitative estimate of drug-likeness (QED) is 0.364. The molecule has 0 aliphatic carbocycles. The Labute approximate surface area is 118 Å². The fourth-order valence-corrected chi connectivity index (χ4v) is 1.60. The minimum atomic E-state index is -0.500. The molecule has 20 heavy (non-hydrogen) atoms. The molecule has 0 fully saturated rings. The van der Waals surface area contributed by atoms with Crippen LogP contribution in [0.15, 0.2) is 72.0 Å². The summed E-state index contributed by atoms with van der Waals surface area (Å²) >= 11 is 0. The Morgan fingerprint density at radius 3 is 1.65 bits per heavy atom. The maximum atomic E-state index is 12.2. The molecule has 0 N–H and O–H groups in total. The van der Waals surface area contributed by atoms with E-state index in [0.29, 0.717) is 11.5 Å². The first-order valence-electron chi connectivity index (χ1n) is 6.34. The average molecular weight is 268 g/mol. The highest BCUT2D eigenvalue weighted by Gasteiger charge is 2.16. The molecule has 0 saturated heterocycles. The second kappa shape index (κ2) is 6.57. The van der Waals surface area contributed by atoms with E-state index >= 15 is 0 Å². The molecule has 0 bridgehead atoms. The lowest BCUT2D eigenvalue weighted by Gasteiger charge is -2.11. The van der Waals surface area contributed by atoms with Crippen LogP contribution in [0.4, 0.5) is 0 Å². The van der Waals surface area contributed by atoms with Crippen molar-refractivity contribution < 1.29 is 14.3 Å². The molecule has 0 spiro atoms. The van der Waals surface area contributed by atoms with Crippen molar-refractivity contribution in [2.24, 2.45) is 0 Å². The number of benzene rings is 2. The minimum Gasteiger partial charge on any atom is -0.450 e. The van der Waals surface area contributed by atoms with Crippen molar-refractivity contribution in [3.63, 3.8) is 0 Å². The summed E-state index contributed by atoms with van der Waals surface area (Å²) in [6, 6.07) is 18.1. The molecule has 102 valence electrons. The van der Waals surface area contributed by atoms with Crippen molar-refractivity contribution >= 4 is 5.97 Å². The molecule has 0 aliphatic heterocycles. The predicted octanol–water partition coefficient (Wildman–Crippen LogP) is 3.96. The van der Waals surface area contributed by atoms with Crippen molar-refractivity contribution in [3.8, 4) is 11.5 Å². The van der Waals surface area contributed by atoms with Gasteiger partial charge in [-0.05, 0) is 43.7 Å². The molecule has 0 aliphatic rings. The number of allylic oxidation sites excluding steroid dienone is 1. The molecule has 3 heteroatoms. The summed E-state index contributed by atoms with van der Waals surface area (Å²) in [6.45, 7) is 3.62. The van der Waals surface area contributed by atoms with Gasteiger partial charge in [0.15, 0.2) is 0 Å². The van der Waals surface area contributed by atoms with E-state index in [0.717, 1.165) is 5.57 Å². The SMILES string of the molecule is CC(C)=C(Oc1ccccc1)C(=O)Oc1ccccc1. The summed E-state index contributed by atoms with van der Waals surface area (Å²) < 4.78 is 10.9. The molecule has 0 amide bonds. The summed E-state index contributed by atoms with van der Waals surface area (Å²) in [5.41, 5.74) is 0.759. The highest BCUT2D eigenvalue weighted by atomic mass is 16.6. The summed E-state index contributed by atoms with van der Waals surface area (Å²) in [7, 11) is 0. The summed E-state index contributed by atoms with van der Waals surface area (Å²) in [5, 5.41) is 0. The van der Waals surface area contributed by atoms with Crippen molar-refractivity contribution in [2.45, 2.75) is 13.8 Å². The van der Waals surface area contributed by atoms with E-state index in [2.05, 4.69) is 0 Å². The van der Waals surface area contributed by atoms with E-state index < -0.39 is 5.97 Å². The van der Waals surface area contributed by atoms with Gasteiger partial charge in [0.25, 0.3) is 0 Å². The van der Waals surface area contributed by atoms with Crippen LogP contribution in [0.25, 0.3) is 0 Å². The Bertz CT molecular complexity index is 597. The number of ether oxygens (including phenoxy) is 2. The lowest BCUT2D eigenvalue weighted by Crippen LogP contribution is -2.17. The second-order valence-corrected chi connectivity index (χ2v) is 4.45. The van der Waals surface area contributed by atoms with Crippen LogP contribution < -0.4 is 9.47 Å². The third-order valence-electron chi connectivity index (χ3n) is 2.56. The van der Waals surface area contributed by atoms with E-state index in [1.54, 1.807) is 24.3 Å². The van der Waals surface area contributed by atoms with Crippen LogP contribution >= 0.6 is 0 Å². The molecule has 0 heterocycles. The topological polar surface area (TPSA) is 35.5 Å². The van der Waals surface area contributed by atoms with Crippen LogP contribution in [-0.2, 0) is 4.79 Å². The lowest BCUT2D eigenvalue weighted by molar-refractivity contribution is -0.132. The molecule has 2 rings (SSSR count). The third-order valence-corrected chi connectivity index (χ3v) is 2.56. The second-order valence-electron chi connectivity index (χ2n) is 4.45. The highest BCUT2D eigenvalue weighted by molar-refractivity contribution is 5.89. The number of para-hydroxylation sites is 2. The van der Waals surface area contributed by atoms with Crippen molar-refractivity contribution in [1.82, 2.24) is 0 Å². The summed E-state index contributed by atoms with van der Waals surface area (Å²) in [5.74, 6) is 0.807. The Hall–Kier alpha value is -2.55. The lowest BCUT2D eigenvalue weighted by atomic mass is 10.3. The number of hydrogen-bond acceptors (Lipinski definition) is 3. The van der Waals surface area contributed by atoms with Gasteiger partial charge in [-0.25, -0.2) is 4.79 Å². The number of rotatable bonds is 4. The van der Waals surface area contributed by atoms with Gasteiger partial charge in [0.05, 0.1) is 0 Å². The fourth-order valence-electron chi connectivity index (χ4n) is 1.60. The molecular formula is C17H16O3. The maximum Gasteiger partial charge on any atom is 0.379 e. The van der Waals surface area contributed by atoms with E-state index in [1.807, 2.05) is 50.2 Å². The molecule has 0 unspecified atom stereocenters. The highest BCUT2D eigenvalue weighted by Crippen LogP contribution is 2.18. The van der Waals surface area contributed by atoms with Crippen molar-refractivity contribution in [2.75, 3.05) is 0 Å². The summed E-state index contributed by atoms with van der Waals surface area (Å²) in [6.07, 6.45) is 0. The van der Waals surface area contributed by atoms with Gasteiger partial charge in [-0.3, -0.25) is 0 Å². The molecule has 0 saturated carbocycles. The van der Waals surface area contributed by atoms with Gasteiger partial charge in [-0.2, -0.15) is 0 Å². The number of esters is 1. The molecule has 0 aromatic heterocycles. The zero-order valence-electron chi connectivity index (χ0n) is 11.5. The van der Waals surface area contributed by atoms with Gasteiger partial charge in [-0.1, -0.05) is 36.4 Å². The molecule has 2 aromatic carbocycles. The zero-order chi connectivity index (χ0) is 14.4. The smallest absolute Gasteiger partial charge is 0.379 e. The predicted molar refractivity (Wildman–Crippen MR) is 77.5 cm³/mol. The Balaban J connectivity index is 2.14. The minimum absolute atomic E-state index is 0.208. The fraction of sp³-hybridized carbons (Fsp3) is 0.118. The average Bonchev–Trinajstić information content (AvgIpc) is 2.46. The monoisotopic (exact) mass is 268 g/mol. The standard InChI is InChI=1S/C17H16O3/c1-13(2)16(19-14-9-5-3-6-10-14)17(18)20-15-11-7-4-8-12-15/h3-12H,1-2H3. The number of carbonyl (C=O) groups is 1. The van der Waals surface area contributed by atoms with Gasteiger partial charge >= 0.3 is 5.97 Å². The van der Waals surface area contributed by atoms with E-state index in [-0.39, 0.29) is 5.76 Å². The van der Waals surface area contributed by atoms with Gasteiger partial charge in [0.1, 0.15) is 11.5 Å². The zero-order valence-corrected chi connectivity index (χ0v) is 11.5. The van der Waals surface area contributed by atoms with Crippen molar-refractivity contribution in [3.05, 3.63) is 72.0 Å². The van der Waals surface area contributed by atoms with Gasteiger partial charge in [0, 0.05) is 0 Å². The Kier molecular flexibility index (Phi) is 4.56. The third kappa shape index (κ3) is 3.72. The number of carbonyl (C=O) groups excluding carboxylic acids is 1. The van der Waals surface area contributed by atoms with Crippen LogP contribution in [-0.4, -0.2) is 5.97 Å². The van der Waals surface area contributed by atoms with Crippen LogP contribution in [0, 0.1) is 0 Å². The first-order valence-corrected chi connectivity index (χ1v) is 6.34.